The summed E-state index contributed by atoms with van der Waals surface area (Å²) in [4.78, 5) is 0. The van der Waals surface area contributed by atoms with Crippen molar-refractivity contribution in [2.45, 2.75) is 18.4 Å². The van der Waals surface area contributed by atoms with Gasteiger partial charge in [-0.15, -0.1) is 0 Å². The lowest BCUT2D eigenvalue weighted by molar-refractivity contribution is 0.627. The van der Waals surface area contributed by atoms with Crippen LogP contribution in [0.25, 0.3) is 0 Å². The third kappa shape index (κ3) is 1.34. The van der Waals surface area contributed by atoms with E-state index in [0.29, 0.717) is 12.0 Å². The second-order valence-corrected chi connectivity index (χ2v) is 3.29. The summed E-state index contributed by atoms with van der Waals surface area (Å²) in [5.74, 6) is 0.455. The highest BCUT2D eigenvalue weighted by molar-refractivity contribution is 5.27. The fourth-order valence-corrected chi connectivity index (χ4v) is 1.59. The summed E-state index contributed by atoms with van der Waals surface area (Å²) in [5, 5.41) is 3.21. The maximum atomic E-state index is 12.5. The van der Waals surface area contributed by atoms with Crippen molar-refractivity contribution < 1.29 is 4.39 Å². The molecule has 0 spiro atoms. The van der Waals surface area contributed by atoms with Crippen LogP contribution in [0.5, 0.6) is 0 Å². The molecular weight excluding hydrogens is 153 g/mol. The number of halogens is 1. The molecule has 0 saturated heterocycles. The van der Waals surface area contributed by atoms with Gasteiger partial charge in [0.15, 0.2) is 0 Å². The van der Waals surface area contributed by atoms with Crippen LogP contribution >= 0.6 is 0 Å². The van der Waals surface area contributed by atoms with Crippen LogP contribution < -0.4 is 5.32 Å². The Kier molecular flexibility index (Phi) is 1.85. The Bertz CT molecular complexity index is 268. The monoisotopic (exact) mass is 165 g/mol. The van der Waals surface area contributed by atoms with Crippen LogP contribution in [0.2, 0.25) is 0 Å². The van der Waals surface area contributed by atoms with Crippen LogP contribution in [-0.4, -0.2) is 13.1 Å². The Morgan fingerprint density at radius 2 is 2.00 bits per heavy atom. The van der Waals surface area contributed by atoms with Gasteiger partial charge in [0, 0.05) is 12.0 Å². The van der Waals surface area contributed by atoms with Crippen molar-refractivity contribution in [2.75, 3.05) is 7.05 Å². The molecule has 1 saturated carbocycles. The van der Waals surface area contributed by atoms with Gasteiger partial charge in [0.05, 0.1) is 0 Å². The van der Waals surface area contributed by atoms with E-state index < -0.39 is 0 Å². The van der Waals surface area contributed by atoms with E-state index >= 15 is 0 Å². The fourth-order valence-electron chi connectivity index (χ4n) is 1.59. The molecule has 1 aliphatic carbocycles. The van der Waals surface area contributed by atoms with Gasteiger partial charge in [-0.2, -0.15) is 0 Å². The van der Waals surface area contributed by atoms with Crippen LogP contribution in [-0.2, 0) is 0 Å². The molecule has 1 nitrogen and oxygen atoms in total. The molecule has 0 bridgehead atoms. The number of hydrogen-bond donors (Lipinski definition) is 1. The van der Waals surface area contributed by atoms with E-state index in [9.17, 15) is 4.39 Å². The van der Waals surface area contributed by atoms with Crippen molar-refractivity contribution >= 4 is 0 Å². The van der Waals surface area contributed by atoms with Gasteiger partial charge >= 0.3 is 0 Å². The Balaban J connectivity index is 2.10. The minimum atomic E-state index is -0.152. The van der Waals surface area contributed by atoms with Crippen molar-refractivity contribution in [3.63, 3.8) is 0 Å². The normalized spacial score (nSPS) is 27.2. The van der Waals surface area contributed by atoms with E-state index in [1.165, 1.54) is 24.1 Å². The standard InChI is InChI=1S/C10H12FN/c1-12-10-6-9(10)7-2-4-8(11)5-3-7/h2-5,9-10,12H,6H2,1H3/t9-,10+/m0/s1. The maximum Gasteiger partial charge on any atom is 0.123 e. The molecule has 1 N–H and O–H groups in total. The van der Waals surface area contributed by atoms with E-state index in [1.807, 2.05) is 19.2 Å². The molecule has 1 aliphatic rings. The predicted molar refractivity (Wildman–Crippen MR) is 46.6 cm³/mol. The highest BCUT2D eigenvalue weighted by atomic mass is 19.1. The first-order valence-corrected chi connectivity index (χ1v) is 4.24. The molecule has 2 rings (SSSR count). The first kappa shape index (κ1) is 7.74. The van der Waals surface area contributed by atoms with E-state index in [1.54, 1.807) is 0 Å². The lowest BCUT2D eigenvalue weighted by Gasteiger charge is -1.98. The third-order valence-corrected chi connectivity index (χ3v) is 2.46. The first-order valence-electron chi connectivity index (χ1n) is 4.24. The van der Waals surface area contributed by atoms with Gasteiger partial charge in [-0.3, -0.25) is 0 Å². The lowest BCUT2D eigenvalue weighted by atomic mass is 10.1. The van der Waals surface area contributed by atoms with E-state index in [4.69, 9.17) is 0 Å². The third-order valence-electron chi connectivity index (χ3n) is 2.46. The zero-order chi connectivity index (χ0) is 8.55. The molecule has 0 aromatic heterocycles. The summed E-state index contributed by atoms with van der Waals surface area (Å²) >= 11 is 0. The summed E-state index contributed by atoms with van der Waals surface area (Å²) in [6.07, 6.45) is 1.18. The number of benzene rings is 1. The topological polar surface area (TPSA) is 12.0 Å². The molecule has 0 unspecified atom stereocenters. The van der Waals surface area contributed by atoms with Crippen molar-refractivity contribution in [1.29, 1.82) is 0 Å². The zero-order valence-electron chi connectivity index (χ0n) is 7.05. The van der Waals surface area contributed by atoms with Gasteiger partial charge in [0.1, 0.15) is 5.82 Å². The lowest BCUT2D eigenvalue weighted by Crippen LogP contribution is -2.10. The van der Waals surface area contributed by atoms with Gasteiger partial charge in [0.2, 0.25) is 0 Å². The summed E-state index contributed by atoms with van der Waals surface area (Å²) in [6, 6.07) is 7.41. The van der Waals surface area contributed by atoms with Gasteiger partial charge in [-0.1, -0.05) is 12.1 Å². The molecule has 1 aromatic rings. The second-order valence-electron chi connectivity index (χ2n) is 3.29. The Hall–Kier alpha value is -0.890. The highest BCUT2D eigenvalue weighted by Gasteiger charge is 2.36. The summed E-state index contributed by atoms with van der Waals surface area (Å²) < 4.78 is 12.5. The van der Waals surface area contributed by atoms with Gasteiger partial charge < -0.3 is 5.32 Å². The fraction of sp³-hybridized carbons (Fsp3) is 0.400. The maximum absolute atomic E-state index is 12.5. The predicted octanol–water partition coefficient (Wildman–Crippen LogP) is 1.90. The summed E-state index contributed by atoms with van der Waals surface area (Å²) in [7, 11) is 1.97. The minimum Gasteiger partial charge on any atom is -0.316 e. The molecule has 0 heterocycles. The molecular formula is C10H12FN. The number of rotatable bonds is 2. The van der Waals surface area contributed by atoms with Crippen LogP contribution in [0, 0.1) is 5.82 Å². The van der Waals surface area contributed by atoms with E-state index in [2.05, 4.69) is 5.32 Å². The molecule has 1 fully saturated rings. The Morgan fingerprint density at radius 1 is 1.33 bits per heavy atom. The molecule has 0 amide bonds. The van der Waals surface area contributed by atoms with Gasteiger partial charge in [0.25, 0.3) is 0 Å². The largest absolute Gasteiger partial charge is 0.316 e. The number of likely N-dealkylation sites (N-methyl/N-ethyl adjacent to an activating group) is 1. The molecule has 0 aliphatic heterocycles. The summed E-state index contributed by atoms with van der Waals surface area (Å²) in [6.45, 7) is 0. The first-order chi connectivity index (χ1) is 5.81. The average Bonchev–Trinajstić information content (AvgIpc) is 2.85. The zero-order valence-corrected chi connectivity index (χ0v) is 7.05. The second kappa shape index (κ2) is 2.87. The van der Waals surface area contributed by atoms with E-state index in [-0.39, 0.29) is 5.82 Å². The molecule has 64 valence electrons. The van der Waals surface area contributed by atoms with Crippen molar-refractivity contribution in [3.05, 3.63) is 35.6 Å². The molecule has 1 aromatic carbocycles. The van der Waals surface area contributed by atoms with Gasteiger partial charge in [-0.25, -0.2) is 4.39 Å². The van der Waals surface area contributed by atoms with E-state index in [0.717, 1.165) is 0 Å². The Morgan fingerprint density at radius 3 is 2.50 bits per heavy atom. The highest BCUT2D eigenvalue weighted by Crippen LogP contribution is 2.40. The van der Waals surface area contributed by atoms with Crippen LogP contribution in [0.3, 0.4) is 0 Å². The molecule has 2 atom stereocenters. The van der Waals surface area contributed by atoms with Crippen LogP contribution in [0.4, 0.5) is 4.39 Å². The molecule has 12 heavy (non-hydrogen) atoms. The van der Waals surface area contributed by atoms with Crippen molar-refractivity contribution in [2.24, 2.45) is 0 Å². The van der Waals surface area contributed by atoms with Crippen LogP contribution in [0.1, 0.15) is 17.9 Å². The summed E-state index contributed by atoms with van der Waals surface area (Å²) in [5.41, 5.74) is 1.25. The quantitative estimate of drug-likeness (QED) is 0.705. The molecule has 0 radical (unpaired) electrons. The molecule has 2 heteroatoms. The number of nitrogens with one attached hydrogen (secondary N) is 1. The minimum absolute atomic E-state index is 0.152. The van der Waals surface area contributed by atoms with Crippen LogP contribution in [0.15, 0.2) is 24.3 Å². The van der Waals surface area contributed by atoms with Gasteiger partial charge in [-0.05, 0) is 31.2 Å². The smallest absolute Gasteiger partial charge is 0.123 e. The van der Waals surface area contributed by atoms with Crippen molar-refractivity contribution in [3.8, 4) is 0 Å². The number of hydrogen-bond acceptors (Lipinski definition) is 1. The van der Waals surface area contributed by atoms with Crippen molar-refractivity contribution in [1.82, 2.24) is 5.32 Å². The SMILES string of the molecule is CN[C@@H]1C[C@H]1c1ccc(F)cc1. The Labute approximate surface area is 71.6 Å². The average molecular weight is 165 g/mol.